The Morgan fingerprint density at radius 3 is 2.52 bits per heavy atom. The minimum atomic E-state index is -3.32. The van der Waals surface area contributed by atoms with Crippen molar-refractivity contribution in [1.82, 2.24) is 4.90 Å². The Morgan fingerprint density at radius 1 is 1.16 bits per heavy atom. The number of sulfonamides is 1. The maximum absolute atomic E-state index is 12.1. The fourth-order valence-electron chi connectivity index (χ4n) is 5.01. The molecule has 0 unspecified atom stereocenters. The van der Waals surface area contributed by atoms with E-state index < -0.39 is 21.7 Å². The third-order valence-electron chi connectivity index (χ3n) is 6.67. The van der Waals surface area contributed by atoms with Gasteiger partial charge in [-0.3, -0.25) is 4.31 Å². The molecule has 7 heteroatoms. The van der Waals surface area contributed by atoms with Gasteiger partial charge in [0.05, 0.1) is 23.6 Å². The number of hydrogen-bond donors (Lipinski definition) is 2. The summed E-state index contributed by atoms with van der Waals surface area (Å²) >= 11 is 0. The van der Waals surface area contributed by atoms with Crippen LogP contribution < -0.4 is 4.31 Å². The molecule has 0 amide bonds. The van der Waals surface area contributed by atoms with Crippen LogP contribution in [0.4, 0.5) is 5.69 Å². The number of hydrogen-bond acceptors (Lipinski definition) is 5. The van der Waals surface area contributed by atoms with Crippen molar-refractivity contribution in [2.24, 2.45) is 0 Å². The molecule has 2 aliphatic rings. The SMILES string of the molecule is Cc1cccc(C2(O)CCN(C[C@@H](O)c3ccc4c(c3)C[C@@H](C)N4S(C)(=O)=O)CC2)c1. The molecule has 0 spiro atoms. The number of rotatable bonds is 5. The van der Waals surface area contributed by atoms with Crippen LogP contribution >= 0.6 is 0 Å². The third-order valence-corrected chi connectivity index (χ3v) is 7.94. The average molecular weight is 445 g/mol. The Balaban J connectivity index is 1.41. The number of likely N-dealkylation sites (tertiary alicyclic amines) is 1. The van der Waals surface area contributed by atoms with Crippen LogP contribution in [0.15, 0.2) is 42.5 Å². The number of fused-ring (bicyclic) bond motifs is 1. The highest BCUT2D eigenvalue weighted by Gasteiger charge is 2.35. The predicted octanol–water partition coefficient (Wildman–Crippen LogP) is 2.72. The van der Waals surface area contributed by atoms with Gasteiger partial charge in [-0.2, -0.15) is 0 Å². The maximum atomic E-state index is 12.1. The first kappa shape index (κ1) is 22.3. The average Bonchev–Trinajstić information content (AvgIpc) is 3.05. The van der Waals surface area contributed by atoms with Crippen LogP contribution in [0, 0.1) is 6.92 Å². The first-order valence-corrected chi connectivity index (χ1v) is 12.7. The summed E-state index contributed by atoms with van der Waals surface area (Å²) in [6.07, 6.45) is 2.49. The predicted molar refractivity (Wildman–Crippen MR) is 123 cm³/mol. The van der Waals surface area contributed by atoms with Crippen molar-refractivity contribution >= 4 is 15.7 Å². The number of nitrogens with zero attached hydrogens (tertiary/aromatic N) is 2. The Labute approximate surface area is 185 Å². The summed E-state index contributed by atoms with van der Waals surface area (Å²) in [7, 11) is -3.32. The van der Waals surface area contributed by atoms with E-state index in [-0.39, 0.29) is 6.04 Å². The number of aliphatic hydroxyl groups is 2. The molecule has 2 aromatic carbocycles. The zero-order valence-corrected chi connectivity index (χ0v) is 19.3. The number of aliphatic hydroxyl groups excluding tert-OH is 1. The fraction of sp³-hybridized carbons (Fsp3) is 0.500. The second-order valence-electron chi connectivity index (χ2n) is 9.22. The van der Waals surface area contributed by atoms with Crippen LogP contribution in [-0.4, -0.2) is 55.5 Å². The number of aryl methyl sites for hydroxylation is 1. The fourth-order valence-corrected chi connectivity index (χ4v) is 6.28. The van der Waals surface area contributed by atoms with E-state index in [0.29, 0.717) is 44.6 Å². The van der Waals surface area contributed by atoms with Gasteiger partial charge in [0.15, 0.2) is 0 Å². The van der Waals surface area contributed by atoms with Crippen molar-refractivity contribution in [3.63, 3.8) is 0 Å². The van der Waals surface area contributed by atoms with Crippen molar-refractivity contribution in [2.75, 3.05) is 30.2 Å². The molecule has 0 radical (unpaired) electrons. The van der Waals surface area contributed by atoms with Crippen LogP contribution in [0.2, 0.25) is 0 Å². The highest BCUT2D eigenvalue weighted by molar-refractivity contribution is 7.92. The Morgan fingerprint density at radius 2 is 1.87 bits per heavy atom. The van der Waals surface area contributed by atoms with Crippen LogP contribution in [-0.2, 0) is 22.0 Å². The summed E-state index contributed by atoms with van der Waals surface area (Å²) in [5.41, 5.74) is 3.78. The molecule has 2 aromatic rings. The van der Waals surface area contributed by atoms with E-state index >= 15 is 0 Å². The van der Waals surface area contributed by atoms with E-state index in [2.05, 4.69) is 11.0 Å². The van der Waals surface area contributed by atoms with E-state index in [1.807, 2.05) is 50.2 Å². The standard InChI is InChI=1S/C24H32N2O4S/c1-17-5-4-6-21(13-17)24(28)9-11-25(12-10-24)16-23(27)19-7-8-22-20(15-19)14-18(2)26(22)31(3,29)30/h4-8,13,15,18,23,27-28H,9-12,14,16H2,1-3H3/t18-,23-/m1/s1. The highest BCUT2D eigenvalue weighted by Crippen LogP contribution is 2.37. The lowest BCUT2D eigenvalue weighted by atomic mass is 9.83. The minimum Gasteiger partial charge on any atom is -0.387 e. The molecular formula is C24H32N2O4S. The van der Waals surface area contributed by atoms with Gasteiger partial charge in [0.25, 0.3) is 0 Å². The molecule has 2 aliphatic heterocycles. The third kappa shape index (κ3) is 4.51. The van der Waals surface area contributed by atoms with Gasteiger partial charge >= 0.3 is 0 Å². The van der Waals surface area contributed by atoms with Gasteiger partial charge in [-0.25, -0.2) is 8.42 Å². The lowest BCUT2D eigenvalue weighted by molar-refractivity contribution is -0.0345. The van der Waals surface area contributed by atoms with Gasteiger partial charge in [-0.05, 0) is 55.9 Å². The van der Waals surface area contributed by atoms with E-state index in [1.54, 1.807) is 0 Å². The second kappa shape index (κ2) is 8.20. The lowest BCUT2D eigenvalue weighted by Crippen LogP contribution is -2.44. The van der Waals surface area contributed by atoms with E-state index in [1.165, 1.54) is 10.6 Å². The summed E-state index contributed by atoms with van der Waals surface area (Å²) in [5.74, 6) is 0. The van der Waals surface area contributed by atoms with E-state index in [0.717, 1.165) is 22.3 Å². The van der Waals surface area contributed by atoms with Gasteiger partial charge < -0.3 is 15.1 Å². The van der Waals surface area contributed by atoms with Crippen molar-refractivity contribution in [3.05, 3.63) is 64.7 Å². The largest absolute Gasteiger partial charge is 0.387 e. The summed E-state index contributed by atoms with van der Waals surface area (Å²) in [4.78, 5) is 2.19. The monoisotopic (exact) mass is 444 g/mol. The van der Waals surface area contributed by atoms with Gasteiger partial charge in [0.1, 0.15) is 0 Å². The molecule has 2 heterocycles. The van der Waals surface area contributed by atoms with Gasteiger partial charge in [0, 0.05) is 25.7 Å². The molecule has 0 saturated carbocycles. The molecule has 0 aliphatic carbocycles. The van der Waals surface area contributed by atoms with Crippen molar-refractivity contribution in [1.29, 1.82) is 0 Å². The maximum Gasteiger partial charge on any atom is 0.232 e. The number of anilines is 1. The molecule has 0 aromatic heterocycles. The molecule has 1 saturated heterocycles. The second-order valence-corrected chi connectivity index (χ2v) is 11.1. The zero-order chi connectivity index (χ0) is 22.4. The van der Waals surface area contributed by atoms with Crippen LogP contribution in [0.25, 0.3) is 0 Å². The smallest absolute Gasteiger partial charge is 0.232 e. The van der Waals surface area contributed by atoms with Crippen LogP contribution in [0.1, 0.15) is 48.1 Å². The Hall–Kier alpha value is -1.93. The first-order valence-electron chi connectivity index (χ1n) is 10.9. The molecule has 1 fully saturated rings. The molecule has 2 atom stereocenters. The molecular weight excluding hydrogens is 412 g/mol. The topological polar surface area (TPSA) is 81.1 Å². The molecule has 4 rings (SSSR count). The molecule has 0 bridgehead atoms. The van der Waals surface area contributed by atoms with Gasteiger partial charge in [-0.15, -0.1) is 0 Å². The number of piperidine rings is 1. The van der Waals surface area contributed by atoms with E-state index in [9.17, 15) is 18.6 Å². The van der Waals surface area contributed by atoms with Crippen molar-refractivity contribution in [3.8, 4) is 0 Å². The van der Waals surface area contributed by atoms with E-state index in [4.69, 9.17) is 0 Å². The molecule has 168 valence electrons. The summed E-state index contributed by atoms with van der Waals surface area (Å²) in [5, 5.41) is 22.0. The number of β-amino-alcohol motifs (C(OH)–C–C–N with tert-alkyl or cyclic N) is 1. The summed E-state index contributed by atoms with van der Waals surface area (Å²) in [6.45, 7) is 5.86. The van der Waals surface area contributed by atoms with Crippen LogP contribution in [0.3, 0.4) is 0 Å². The molecule has 6 nitrogen and oxygen atoms in total. The van der Waals surface area contributed by atoms with Gasteiger partial charge in [0.2, 0.25) is 10.0 Å². The minimum absolute atomic E-state index is 0.112. The molecule has 2 N–H and O–H groups in total. The Kier molecular flexibility index (Phi) is 5.89. The van der Waals surface area contributed by atoms with Crippen molar-refractivity contribution < 1.29 is 18.6 Å². The number of benzene rings is 2. The normalized spacial score (nSPS) is 22.4. The van der Waals surface area contributed by atoms with Crippen molar-refractivity contribution in [2.45, 2.75) is 50.9 Å². The lowest BCUT2D eigenvalue weighted by Gasteiger charge is -2.39. The zero-order valence-electron chi connectivity index (χ0n) is 18.5. The highest BCUT2D eigenvalue weighted by atomic mass is 32.2. The van der Waals surface area contributed by atoms with Crippen LogP contribution in [0.5, 0.6) is 0 Å². The quantitative estimate of drug-likeness (QED) is 0.741. The summed E-state index contributed by atoms with van der Waals surface area (Å²) < 4.78 is 25.7. The summed E-state index contributed by atoms with van der Waals surface area (Å²) in [6, 6.07) is 13.5. The van der Waals surface area contributed by atoms with Gasteiger partial charge in [-0.1, -0.05) is 42.0 Å². The molecule has 31 heavy (non-hydrogen) atoms. The first-order chi connectivity index (χ1) is 14.6. The Bertz CT molecular complexity index is 1060.